The van der Waals surface area contributed by atoms with Crippen molar-refractivity contribution in [1.82, 2.24) is 19.9 Å². The van der Waals surface area contributed by atoms with Gasteiger partial charge in [0.05, 0.1) is 0 Å². The van der Waals surface area contributed by atoms with Crippen molar-refractivity contribution >= 4 is 29.6 Å². The monoisotopic (exact) mass is 268 g/mol. The molecule has 0 aromatic carbocycles. The van der Waals surface area contributed by atoms with Gasteiger partial charge in [0.2, 0.25) is 0 Å². The van der Waals surface area contributed by atoms with Crippen LogP contribution in [0.25, 0.3) is 12.2 Å². The topological polar surface area (TPSA) is 121 Å². The van der Waals surface area contributed by atoms with E-state index in [0.29, 0.717) is 11.4 Å². The Balaban J connectivity index is 2.07. The molecule has 0 aliphatic carbocycles. The van der Waals surface area contributed by atoms with Gasteiger partial charge in [-0.3, -0.25) is 14.8 Å². The molecule has 0 radical (unpaired) electrons. The highest BCUT2D eigenvalue weighted by molar-refractivity contribution is 6.04. The molecule has 0 aliphatic heterocycles. The number of anilines is 2. The molecule has 0 saturated carbocycles. The Kier molecular flexibility index (Phi) is 4.13. The van der Waals surface area contributed by atoms with Gasteiger partial charge in [-0.05, 0) is 24.3 Å². The Morgan fingerprint density at radius 2 is 1.20 bits per heavy atom. The Bertz CT molecular complexity index is 623. The minimum absolute atomic E-state index is 0.250. The first-order valence-corrected chi connectivity index (χ1v) is 5.70. The molecule has 20 heavy (non-hydrogen) atoms. The van der Waals surface area contributed by atoms with Crippen LogP contribution in [0.15, 0.2) is 36.9 Å². The molecule has 0 amide bonds. The van der Waals surface area contributed by atoms with E-state index in [4.69, 9.17) is 11.5 Å². The first-order valence-electron chi connectivity index (χ1n) is 5.70. The standard InChI is InChI=1S/C13H12N6O/c14-12-10(16-5-7-18-12)3-1-9(20)2-4-11-13(15)19-8-6-17-11/h1-8H,(H2,14,18)(H2,15,19). The van der Waals surface area contributed by atoms with Crippen molar-refractivity contribution in [2.75, 3.05) is 11.5 Å². The smallest absolute Gasteiger partial charge is 0.178 e. The van der Waals surface area contributed by atoms with Gasteiger partial charge in [-0.2, -0.15) is 0 Å². The van der Waals surface area contributed by atoms with Gasteiger partial charge in [0.1, 0.15) is 23.0 Å². The zero-order chi connectivity index (χ0) is 14.4. The highest BCUT2D eigenvalue weighted by atomic mass is 16.1. The second-order valence-corrected chi connectivity index (χ2v) is 3.72. The van der Waals surface area contributed by atoms with Gasteiger partial charge < -0.3 is 11.5 Å². The number of nitrogens with two attached hydrogens (primary N) is 2. The number of carbonyl (C=O) groups excluding carboxylic acids is 1. The van der Waals surface area contributed by atoms with E-state index < -0.39 is 0 Å². The number of carbonyl (C=O) groups is 1. The Morgan fingerprint density at radius 1 is 0.800 bits per heavy atom. The van der Waals surface area contributed by atoms with Gasteiger partial charge in [-0.15, -0.1) is 0 Å². The van der Waals surface area contributed by atoms with Crippen molar-refractivity contribution in [2.24, 2.45) is 0 Å². The van der Waals surface area contributed by atoms with Gasteiger partial charge in [0, 0.05) is 24.8 Å². The van der Waals surface area contributed by atoms with Crippen molar-refractivity contribution in [3.8, 4) is 0 Å². The van der Waals surface area contributed by atoms with E-state index in [1.54, 1.807) is 0 Å². The lowest BCUT2D eigenvalue weighted by molar-refractivity contribution is -0.110. The van der Waals surface area contributed by atoms with Crippen LogP contribution >= 0.6 is 0 Å². The van der Waals surface area contributed by atoms with Crippen LogP contribution in [0.3, 0.4) is 0 Å². The molecule has 100 valence electrons. The third kappa shape index (κ3) is 3.45. The predicted molar refractivity (Wildman–Crippen MR) is 76.0 cm³/mol. The molecular formula is C13H12N6O. The number of aromatic nitrogens is 4. The summed E-state index contributed by atoms with van der Waals surface area (Å²) < 4.78 is 0. The van der Waals surface area contributed by atoms with E-state index in [0.717, 1.165) is 0 Å². The lowest BCUT2D eigenvalue weighted by atomic mass is 10.2. The molecule has 7 heteroatoms. The van der Waals surface area contributed by atoms with E-state index in [9.17, 15) is 4.79 Å². The van der Waals surface area contributed by atoms with Gasteiger partial charge >= 0.3 is 0 Å². The highest BCUT2D eigenvalue weighted by Crippen LogP contribution is 2.07. The maximum absolute atomic E-state index is 11.7. The molecule has 7 nitrogen and oxygen atoms in total. The van der Waals surface area contributed by atoms with Crippen LogP contribution < -0.4 is 11.5 Å². The molecule has 4 N–H and O–H groups in total. The summed E-state index contributed by atoms with van der Waals surface area (Å²) in [4.78, 5) is 27.4. The summed E-state index contributed by atoms with van der Waals surface area (Å²) in [5, 5.41) is 0. The lowest BCUT2D eigenvalue weighted by Crippen LogP contribution is -1.97. The molecular weight excluding hydrogens is 256 g/mol. The minimum Gasteiger partial charge on any atom is -0.382 e. The van der Waals surface area contributed by atoms with Gasteiger partial charge in [0.15, 0.2) is 5.78 Å². The fraction of sp³-hybridized carbons (Fsp3) is 0. The molecule has 0 atom stereocenters. The second kappa shape index (κ2) is 6.19. The van der Waals surface area contributed by atoms with Crippen LogP contribution in [0.1, 0.15) is 11.4 Å². The van der Waals surface area contributed by atoms with Crippen LogP contribution in [0.5, 0.6) is 0 Å². The number of allylic oxidation sites excluding steroid dienone is 2. The maximum atomic E-state index is 11.7. The van der Waals surface area contributed by atoms with Crippen LogP contribution in [0.2, 0.25) is 0 Å². The summed E-state index contributed by atoms with van der Waals surface area (Å²) in [6.45, 7) is 0. The molecule has 2 aromatic heterocycles. The number of hydrogen-bond acceptors (Lipinski definition) is 7. The first-order chi connectivity index (χ1) is 9.66. The predicted octanol–water partition coefficient (Wildman–Crippen LogP) is 0.727. The number of hydrogen-bond donors (Lipinski definition) is 2. The summed E-state index contributed by atoms with van der Waals surface area (Å²) in [6, 6.07) is 0. The van der Waals surface area contributed by atoms with Gasteiger partial charge in [0.25, 0.3) is 0 Å². The second-order valence-electron chi connectivity index (χ2n) is 3.72. The summed E-state index contributed by atoms with van der Waals surface area (Å²) in [5.74, 6) is 0.275. The fourth-order valence-corrected chi connectivity index (χ4v) is 1.35. The van der Waals surface area contributed by atoms with E-state index in [1.165, 1.54) is 49.1 Å². The van der Waals surface area contributed by atoms with Crippen molar-refractivity contribution in [1.29, 1.82) is 0 Å². The summed E-state index contributed by atoms with van der Waals surface area (Å²) in [5.41, 5.74) is 12.1. The van der Waals surface area contributed by atoms with Crippen molar-refractivity contribution < 1.29 is 4.79 Å². The van der Waals surface area contributed by atoms with Gasteiger partial charge in [-0.1, -0.05) is 0 Å². The molecule has 2 heterocycles. The Hall–Kier alpha value is -3.09. The Morgan fingerprint density at radius 3 is 1.60 bits per heavy atom. The molecule has 0 fully saturated rings. The number of nitrogen functional groups attached to an aromatic ring is 2. The van der Waals surface area contributed by atoms with E-state index >= 15 is 0 Å². The maximum Gasteiger partial charge on any atom is 0.178 e. The van der Waals surface area contributed by atoms with Crippen LogP contribution in [-0.2, 0) is 4.79 Å². The molecule has 0 spiro atoms. The Labute approximate surface area is 115 Å². The van der Waals surface area contributed by atoms with Gasteiger partial charge in [-0.25, -0.2) is 9.97 Å². The molecule has 2 aromatic rings. The molecule has 0 bridgehead atoms. The summed E-state index contributed by atoms with van der Waals surface area (Å²) in [7, 11) is 0. The van der Waals surface area contributed by atoms with Crippen LogP contribution in [0, 0.1) is 0 Å². The lowest BCUT2D eigenvalue weighted by Gasteiger charge is -1.96. The van der Waals surface area contributed by atoms with E-state index in [2.05, 4.69) is 19.9 Å². The normalized spacial score (nSPS) is 11.2. The molecule has 0 saturated heterocycles. The molecule has 0 aliphatic rings. The van der Waals surface area contributed by atoms with E-state index in [-0.39, 0.29) is 17.4 Å². The number of ketones is 1. The van der Waals surface area contributed by atoms with Crippen molar-refractivity contribution in [2.45, 2.75) is 0 Å². The number of rotatable bonds is 4. The fourth-order valence-electron chi connectivity index (χ4n) is 1.35. The zero-order valence-corrected chi connectivity index (χ0v) is 10.5. The highest BCUT2D eigenvalue weighted by Gasteiger charge is 1.98. The molecule has 2 rings (SSSR count). The number of nitrogens with zero attached hydrogens (tertiary/aromatic N) is 4. The SMILES string of the molecule is Nc1nccnc1C=CC(=O)C=Cc1nccnc1N. The van der Waals surface area contributed by atoms with Crippen LogP contribution in [0.4, 0.5) is 11.6 Å². The third-order valence-electron chi connectivity index (χ3n) is 2.32. The first kappa shape index (κ1) is 13.3. The van der Waals surface area contributed by atoms with Crippen molar-refractivity contribution in [3.63, 3.8) is 0 Å². The van der Waals surface area contributed by atoms with Crippen LogP contribution in [-0.4, -0.2) is 25.7 Å². The quantitative estimate of drug-likeness (QED) is 0.784. The average Bonchev–Trinajstić information content (AvgIpc) is 2.45. The molecule has 0 unspecified atom stereocenters. The largest absolute Gasteiger partial charge is 0.382 e. The third-order valence-corrected chi connectivity index (χ3v) is 2.32. The minimum atomic E-state index is -0.250. The van der Waals surface area contributed by atoms with Crippen molar-refractivity contribution in [3.05, 3.63) is 48.3 Å². The average molecular weight is 268 g/mol. The van der Waals surface area contributed by atoms with E-state index in [1.807, 2.05) is 0 Å². The zero-order valence-electron chi connectivity index (χ0n) is 10.5. The summed E-state index contributed by atoms with van der Waals surface area (Å²) >= 11 is 0. The summed E-state index contributed by atoms with van der Waals surface area (Å²) in [6.07, 6.45) is 11.6.